The van der Waals surface area contributed by atoms with Crippen molar-refractivity contribution in [2.75, 3.05) is 26.4 Å². The number of hydrogen-bond donors (Lipinski definition) is 0. The summed E-state index contributed by atoms with van der Waals surface area (Å²) in [7, 11) is 0. The zero-order valence-electron chi connectivity index (χ0n) is 5.98. The summed E-state index contributed by atoms with van der Waals surface area (Å²) in [5.41, 5.74) is 0. The van der Waals surface area contributed by atoms with Crippen molar-refractivity contribution in [3.05, 3.63) is 0 Å². The van der Waals surface area contributed by atoms with Gasteiger partial charge in [-0.05, 0) is 0 Å². The van der Waals surface area contributed by atoms with Crippen LogP contribution >= 0.6 is 25.4 Å². The van der Waals surface area contributed by atoms with E-state index in [9.17, 15) is 0 Å². The third-order valence-electron chi connectivity index (χ3n) is 0.744. The van der Waals surface area contributed by atoms with Gasteiger partial charge in [0.1, 0.15) is 0 Å². The molecule has 1 aliphatic heterocycles. The maximum atomic E-state index is 4.94. The molecule has 0 unspecified atom stereocenters. The second-order valence-electron chi connectivity index (χ2n) is 1.30. The van der Waals surface area contributed by atoms with Crippen LogP contribution in [0.3, 0.4) is 0 Å². The quantitative estimate of drug-likeness (QED) is 0.432. The molecule has 3 nitrogen and oxygen atoms in total. The molecule has 2 N–H and O–H groups in total. The molecular formula is C4H11Br2O3Sn2. The number of hydrogen-bond acceptors (Lipinski definition) is 2. The summed E-state index contributed by atoms with van der Waals surface area (Å²) in [4.78, 5) is 0. The predicted molar refractivity (Wildman–Crippen MR) is 56.0 cm³/mol. The summed E-state index contributed by atoms with van der Waals surface area (Å²) >= 11 is 6.32. The second-order valence-corrected chi connectivity index (χ2v) is 14.2. The molecule has 11 heavy (non-hydrogen) atoms. The van der Waals surface area contributed by atoms with Crippen molar-refractivity contribution >= 4 is 66.0 Å². The fourth-order valence-electron chi connectivity index (χ4n) is 0.440. The van der Waals surface area contributed by atoms with Gasteiger partial charge in [-0.25, -0.2) is 0 Å². The first-order chi connectivity index (χ1) is 4.41. The molecular weight excluding hydrogens is 493 g/mol. The zero-order chi connectivity index (χ0) is 6.95. The Morgan fingerprint density at radius 3 is 1.18 bits per heavy atom. The van der Waals surface area contributed by atoms with Crippen molar-refractivity contribution in [3.8, 4) is 0 Å². The van der Waals surface area contributed by atoms with Gasteiger partial charge < -0.3 is 14.9 Å². The second kappa shape index (κ2) is 18.3. The van der Waals surface area contributed by atoms with E-state index in [4.69, 9.17) is 9.47 Å². The van der Waals surface area contributed by atoms with Gasteiger partial charge >= 0.3 is 66.0 Å². The molecule has 1 rings (SSSR count). The Balaban J connectivity index is -0.000000116. The van der Waals surface area contributed by atoms with Gasteiger partial charge in [-0.15, -0.1) is 0 Å². The summed E-state index contributed by atoms with van der Waals surface area (Å²) in [6.07, 6.45) is 0. The van der Waals surface area contributed by atoms with Crippen LogP contribution in [0.4, 0.5) is 0 Å². The molecule has 0 aliphatic carbocycles. The van der Waals surface area contributed by atoms with Crippen LogP contribution in [0.25, 0.3) is 0 Å². The predicted octanol–water partition coefficient (Wildman–Crippen LogP) is -0.130. The van der Waals surface area contributed by atoms with Gasteiger partial charge in [0.25, 0.3) is 0 Å². The molecule has 1 aliphatic rings. The first kappa shape index (κ1) is 19.1. The van der Waals surface area contributed by atoms with Gasteiger partial charge in [-0.2, -0.15) is 0 Å². The Bertz CT molecular complexity index is 45.1. The summed E-state index contributed by atoms with van der Waals surface area (Å²) < 4.78 is 9.89. The van der Waals surface area contributed by atoms with Crippen molar-refractivity contribution < 1.29 is 14.9 Å². The van der Waals surface area contributed by atoms with E-state index in [0.29, 0.717) is 0 Å². The van der Waals surface area contributed by atoms with E-state index in [-0.39, 0.29) is 46.1 Å². The normalized spacial score (nSPS) is 14.7. The van der Waals surface area contributed by atoms with Gasteiger partial charge in [0.15, 0.2) is 0 Å². The molecule has 1 heterocycles. The van der Waals surface area contributed by atoms with E-state index in [1.807, 2.05) is 0 Å². The minimum absolute atomic E-state index is 0. The SMILES string of the molecule is C1COCCO1.O.[Br][Sn][Br].[SnH]. The summed E-state index contributed by atoms with van der Waals surface area (Å²) in [6, 6.07) is 0. The molecule has 1 fully saturated rings. The number of rotatable bonds is 0. The molecule has 67 valence electrons. The molecule has 0 bridgehead atoms. The fourth-order valence-corrected chi connectivity index (χ4v) is 0.440. The van der Waals surface area contributed by atoms with Gasteiger partial charge in [0, 0.05) is 0 Å². The Morgan fingerprint density at radius 1 is 0.909 bits per heavy atom. The Hall–Kier alpha value is 2.44. The van der Waals surface area contributed by atoms with E-state index in [1.165, 1.54) is 0 Å². The first-order valence-electron chi connectivity index (χ1n) is 2.53. The van der Waals surface area contributed by atoms with Crippen LogP contribution in [0.5, 0.6) is 0 Å². The minimum atomic E-state index is -0.145. The Labute approximate surface area is 106 Å². The van der Waals surface area contributed by atoms with E-state index in [0.717, 1.165) is 26.4 Å². The molecule has 5 radical (unpaired) electrons. The molecule has 7 heteroatoms. The molecule has 0 amide bonds. The summed E-state index contributed by atoms with van der Waals surface area (Å²) in [5.74, 6) is 0. The van der Waals surface area contributed by atoms with Crippen LogP contribution in [0.15, 0.2) is 0 Å². The first-order valence-corrected chi connectivity index (χ1v) is 15.3. The maximum absolute atomic E-state index is 4.94. The molecule has 0 aromatic carbocycles. The van der Waals surface area contributed by atoms with Crippen LogP contribution in [-0.2, 0) is 9.47 Å². The van der Waals surface area contributed by atoms with Crippen LogP contribution in [0, 0.1) is 0 Å². The Morgan fingerprint density at radius 2 is 1.09 bits per heavy atom. The summed E-state index contributed by atoms with van der Waals surface area (Å²) in [5, 5.41) is 0. The van der Waals surface area contributed by atoms with Gasteiger partial charge in [-0.3, -0.25) is 0 Å². The fraction of sp³-hybridized carbons (Fsp3) is 1.00. The van der Waals surface area contributed by atoms with Crippen LogP contribution in [0.2, 0.25) is 0 Å². The average molecular weight is 504 g/mol. The topological polar surface area (TPSA) is 50.0 Å². The van der Waals surface area contributed by atoms with E-state index in [2.05, 4.69) is 25.4 Å². The molecule has 0 saturated carbocycles. The third kappa shape index (κ3) is 19.0. The van der Waals surface area contributed by atoms with Crippen LogP contribution in [-0.4, -0.2) is 72.5 Å². The molecule has 1 saturated heterocycles. The van der Waals surface area contributed by atoms with Crippen molar-refractivity contribution in [2.24, 2.45) is 0 Å². The van der Waals surface area contributed by atoms with E-state index in [1.54, 1.807) is 0 Å². The van der Waals surface area contributed by atoms with E-state index < -0.39 is 0 Å². The Kier molecular flexibility index (Phi) is 31.7. The van der Waals surface area contributed by atoms with Gasteiger partial charge in [0.05, 0.1) is 26.4 Å². The van der Waals surface area contributed by atoms with Crippen molar-refractivity contribution in [3.63, 3.8) is 0 Å². The van der Waals surface area contributed by atoms with Crippen molar-refractivity contribution in [1.29, 1.82) is 0 Å². The van der Waals surface area contributed by atoms with Crippen LogP contribution < -0.4 is 0 Å². The molecule has 0 spiro atoms. The molecule has 0 atom stereocenters. The number of ether oxygens (including phenoxy) is 2. The third-order valence-corrected chi connectivity index (χ3v) is 0.744. The van der Waals surface area contributed by atoms with Crippen LogP contribution in [0.1, 0.15) is 0 Å². The molecule has 0 aromatic heterocycles. The van der Waals surface area contributed by atoms with E-state index >= 15 is 0 Å². The zero-order valence-corrected chi connectivity index (χ0v) is 15.3. The number of halogens is 2. The monoisotopic (exact) mass is 505 g/mol. The van der Waals surface area contributed by atoms with Gasteiger partial charge in [0.2, 0.25) is 0 Å². The summed E-state index contributed by atoms with van der Waals surface area (Å²) in [6.45, 7) is 3.11. The standard InChI is InChI=1S/C4H8O2.2BrH.H2O.2Sn.H/c1-2-6-4-3-5-1;;;;;;/h1-4H2;2*1H;1H2;;;/q;;;;;+2;/p-2. The average Bonchev–Trinajstić information content (AvgIpc) is 1.93. The molecule has 0 aromatic rings. The van der Waals surface area contributed by atoms with Crippen molar-refractivity contribution in [2.45, 2.75) is 0 Å². The van der Waals surface area contributed by atoms with Crippen molar-refractivity contribution in [1.82, 2.24) is 0 Å². The van der Waals surface area contributed by atoms with Gasteiger partial charge in [-0.1, -0.05) is 0 Å².